The smallest absolute Gasteiger partial charge is 0.0700 e. The monoisotopic (exact) mass is 201 g/mol. The van der Waals surface area contributed by atoms with E-state index in [0.29, 0.717) is 0 Å². The zero-order chi connectivity index (χ0) is 10.5. The maximum absolute atomic E-state index is 5.42. The van der Waals surface area contributed by atoms with Crippen LogP contribution in [0, 0.1) is 6.92 Å². The van der Waals surface area contributed by atoms with E-state index < -0.39 is 0 Å². The van der Waals surface area contributed by atoms with Crippen molar-refractivity contribution in [2.45, 2.75) is 45.4 Å². The van der Waals surface area contributed by atoms with Crippen molar-refractivity contribution in [2.75, 3.05) is 26.4 Å². The number of unbranched alkanes of at least 4 members (excludes halogenated alkanes) is 4. The molecular weight excluding hydrogens is 176 g/mol. The molecule has 0 N–H and O–H groups in total. The average molecular weight is 201 g/mol. The van der Waals surface area contributed by atoms with Crippen molar-refractivity contribution < 1.29 is 9.47 Å². The topological polar surface area (TPSA) is 18.5 Å². The second kappa shape index (κ2) is 12.9. The van der Waals surface area contributed by atoms with Crippen molar-refractivity contribution in [2.24, 2.45) is 0 Å². The molecule has 0 heterocycles. The molecule has 0 spiro atoms. The van der Waals surface area contributed by atoms with Gasteiger partial charge in [-0.05, 0) is 12.8 Å². The van der Waals surface area contributed by atoms with E-state index in [1.165, 1.54) is 25.7 Å². The molecule has 0 aliphatic heterocycles. The summed E-state index contributed by atoms with van der Waals surface area (Å²) in [5, 5.41) is 0. The van der Waals surface area contributed by atoms with E-state index in [9.17, 15) is 0 Å². The number of ether oxygens (including phenoxy) is 2. The second-order valence-electron chi connectivity index (χ2n) is 3.49. The van der Waals surface area contributed by atoms with Gasteiger partial charge in [-0.2, -0.15) is 0 Å². The molecule has 0 atom stereocenters. The molecule has 2 heteroatoms. The first kappa shape index (κ1) is 13.9. The Morgan fingerprint density at radius 3 is 2.00 bits per heavy atom. The van der Waals surface area contributed by atoms with E-state index in [2.05, 4.69) is 13.8 Å². The van der Waals surface area contributed by atoms with Gasteiger partial charge in [0.15, 0.2) is 0 Å². The van der Waals surface area contributed by atoms with E-state index in [0.717, 1.165) is 39.3 Å². The minimum Gasteiger partial charge on any atom is -0.379 e. The molecule has 0 rings (SSSR count). The van der Waals surface area contributed by atoms with E-state index in [1.807, 2.05) is 0 Å². The van der Waals surface area contributed by atoms with Crippen molar-refractivity contribution in [3.05, 3.63) is 6.92 Å². The largest absolute Gasteiger partial charge is 0.379 e. The van der Waals surface area contributed by atoms with Crippen molar-refractivity contribution in [1.82, 2.24) is 0 Å². The Balaban J connectivity index is 2.78. The van der Waals surface area contributed by atoms with Crippen LogP contribution in [0.15, 0.2) is 0 Å². The van der Waals surface area contributed by atoms with Gasteiger partial charge in [-0.25, -0.2) is 0 Å². The van der Waals surface area contributed by atoms with Gasteiger partial charge in [0.1, 0.15) is 0 Å². The van der Waals surface area contributed by atoms with Gasteiger partial charge < -0.3 is 9.47 Å². The van der Waals surface area contributed by atoms with Crippen molar-refractivity contribution in [3.8, 4) is 0 Å². The van der Waals surface area contributed by atoms with Crippen LogP contribution in [0.1, 0.15) is 45.4 Å². The standard InChI is InChI=1S/C12H25O2/c1-3-5-7-8-10-14-12-11-13-9-6-4-2/h2-12H2,1H3. The van der Waals surface area contributed by atoms with Crippen LogP contribution in [-0.4, -0.2) is 26.4 Å². The second-order valence-corrected chi connectivity index (χ2v) is 3.49. The van der Waals surface area contributed by atoms with Gasteiger partial charge in [0.2, 0.25) is 0 Å². The van der Waals surface area contributed by atoms with Gasteiger partial charge in [-0.15, -0.1) is 0 Å². The van der Waals surface area contributed by atoms with Gasteiger partial charge in [0, 0.05) is 13.2 Å². The fourth-order valence-electron chi connectivity index (χ4n) is 1.16. The lowest BCUT2D eigenvalue weighted by molar-refractivity contribution is 0.0456. The van der Waals surface area contributed by atoms with Crippen molar-refractivity contribution in [1.29, 1.82) is 0 Å². The first-order chi connectivity index (χ1) is 6.91. The minimum atomic E-state index is 0.730. The quantitative estimate of drug-likeness (QED) is 0.478. The average Bonchev–Trinajstić information content (AvgIpc) is 2.21. The van der Waals surface area contributed by atoms with Crippen LogP contribution in [0.2, 0.25) is 0 Å². The Labute approximate surface area is 89.0 Å². The Hall–Kier alpha value is -0.0800. The first-order valence-electron chi connectivity index (χ1n) is 5.86. The Kier molecular flexibility index (Phi) is 12.8. The summed E-state index contributed by atoms with van der Waals surface area (Å²) >= 11 is 0. The van der Waals surface area contributed by atoms with Crippen LogP contribution in [0.3, 0.4) is 0 Å². The Morgan fingerprint density at radius 2 is 1.43 bits per heavy atom. The predicted octanol–water partition coefficient (Wildman–Crippen LogP) is 3.21. The highest BCUT2D eigenvalue weighted by atomic mass is 16.5. The van der Waals surface area contributed by atoms with E-state index in [-0.39, 0.29) is 0 Å². The molecule has 0 saturated carbocycles. The third-order valence-electron chi connectivity index (χ3n) is 2.05. The lowest BCUT2D eigenvalue weighted by Crippen LogP contribution is -2.06. The van der Waals surface area contributed by atoms with Crippen LogP contribution in [0.25, 0.3) is 0 Å². The summed E-state index contributed by atoms with van der Waals surface area (Å²) in [4.78, 5) is 0. The molecule has 0 aromatic carbocycles. The molecule has 0 aromatic rings. The molecule has 2 nitrogen and oxygen atoms in total. The Morgan fingerprint density at radius 1 is 0.786 bits per heavy atom. The van der Waals surface area contributed by atoms with Crippen molar-refractivity contribution >= 4 is 0 Å². The maximum Gasteiger partial charge on any atom is 0.0700 e. The van der Waals surface area contributed by atoms with Crippen LogP contribution in [-0.2, 0) is 9.47 Å². The van der Waals surface area contributed by atoms with Gasteiger partial charge >= 0.3 is 0 Å². The van der Waals surface area contributed by atoms with Crippen LogP contribution >= 0.6 is 0 Å². The van der Waals surface area contributed by atoms with Gasteiger partial charge in [-0.3, -0.25) is 0 Å². The molecule has 0 aromatic heterocycles. The zero-order valence-electron chi connectivity index (χ0n) is 9.59. The molecule has 0 bridgehead atoms. The van der Waals surface area contributed by atoms with E-state index >= 15 is 0 Å². The zero-order valence-corrected chi connectivity index (χ0v) is 9.59. The van der Waals surface area contributed by atoms with E-state index in [4.69, 9.17) is 9.47 Å². The fourth-order valence-corrected chi connectivity index (χ4v) is 1.16. The van der Waals surface area contributed by atoms with Crippen LogP contribution in [0.4, 0.5) is 0 Å². The first-order valence-corrected chi connectivity index (χ1v) is 5.86. The third-order valence-corrected chi connectivity index (χ3v) is 2.05. The normalized spacial score (nSPS) is 10.7. The number of hydrogen-bond donors (Lipinski definition) is 0. The third kappa shape index (κ3) is 11.9. The molecule has 0 aliphatic carbocycles. The summed E-state index contributed by atoms with van der Waals surface area (Å²) in [6.07, 6.45) is 7.09. The number of hydrogen-bond acceptors (Lipinski definition) is 2. The molecule has 1 radical (unpaired) electrons. The summed E-state index contributed by atoms with van der Waals surface area (Å²) in [5.74, 6) is 0. The summed E-state index contributed by atoms with van der Waals surface area (Å²) in [6.45, 7) is 9.15. The molecule has 14 heavy (non-hydrogen) atoms. The van der Waals surface area contributed by atoms with Gasteiger partial charge in [0.05, 0.1) is 13.2 Å². The van der Waals surface area contributed by atoms with E-state index in [1.54, 1.807) is 0 Å². The molecular formula is C12H25O2. The summed E-state index contributed by atoms with van der Waals surface area (Å²) in [5.41, 5.74) is 0. The predicted molar refractivity (Wildman–Crippen MR) is 60.4 cm³/mol. The molecule has 0 saturated heterocycles. The highest BCUT2D eigenvalue weighted by Gasteiger charge is 1.90. The van der Waals surface area contributed by atoms with Gasteiger partial charge in [-0.1, -0.05) is 39.5 Å². The van der Waals surface area contributed by atoms with Crippen LogP contribution < -0.4 is 0 Å². The molecule has 0 fully saturated rings. The minimum absolute atomic E-state index is 0.730. The lowest BCUT2D eigenvalue weighted by atomic mass is 10.2. The summed E-state index contributed by atoms with van der Waals surface area (Å²) in [7, 11) is 0. The molecule has 0 aliphatic rings. The lowest BCUT2D eigenvalue weighted by Gasteiger charge is -2.04. The Bertz CT molecular complexity index is 82.3. The summed E-state index contributed by atoms with van der Waals surface area (Å²) < 4.78 is 10.8. The van der Waals surface area contributed by atoms with Crippen LogP contribution in [0.5, 0.6) is 0 Å². The summed E-state index contributed by atoms with van der Waals surface area (Å²) in [6, 6.07) is 0. The molecule has 0 unspecified atom stereocenters. The highest BCUT2D eigenvalue weighted by Crippen LogP contribution is 1.98. The molecule has 85 valence electrons. The number of rotatable bonds is 11. The maximum atomic E-state index is 5.42. The van der Waals surface area contributed by atoms with Crippen molar-refractivity contribution in [3.63, 3.8) is 0 Å². The van der Waals surface area contributed by atoms with Gasteiger partial charge in [0.25, 0.3) is 0 Å². The SMILES string of the molecule is [CH2]CCCOCCOCCCCCC. The molecule has 0 amide bonds. The fraction of sp³-hybridized carbons (Fsp3) is 0.917. The highest BCUT2D eigenvalue weighted by molar-refractivity contribution is 4.41.